The van der Waals surface area contributed by atoms with Gasteiger partial charge in [-0.2, -0.15) is 0 Å². The number of nitrogens with one attached hydrogen (secondary N) is 1. The highest BCUT2D eigenvalue weighted by Crippen LogP contribution is 2.26. The van der Waals surface area contributed by atoms with E-state index in [0.717, 1.165) is 35.2 Å². The molecule has 2 saturated heterocycles. The monoisotopic (exact) mass is 322 g/mol. The largest absolute Gasteiger partial charge is 0.337 e. The number of carbonyl (C=O) groups excluding carboxylic acids is 1. The highest BCUT2D eigenvalue weighted by atomic mass is 79.9. The lowest BCUT2D eigenvalue weighted by atomic mass is 9.94. The Bertz CT molecular complexity index is 489. The molecule has 19 heavy (non-hydrogen) atoms. The molecule has 1 N–H and O–H groups in total. The van der Waals surface area contributed by atoms with Gasteiger partial charge in [0.1, 0.15) is 0 Å². The molecule has 1 amide bonds. The SMILES string of the molecule is Cc1cc(C(=O)N2C[C@@H]3CCCN[C@@H]3C2)ccc1Br. The van der Waals surface area contributed by atoms with Gasteiger partial charge in [0, 0.05) is 29.2 Å². The van der Waals surface area contributed by atoms with Gasteiger partial charge < -0.3 is 10.2 Å². The maximum atomic E-state index is 12.5. The molecule has 0 aliphatic carbocycles. The molecule has 3 rings (SSSR count). The lowest BCUT2D eigenvalue weighted by Gasteiger charge is -2.24. The first-order valence-corrected chi connectivity index (χ1v) is 7.73. The van der Waals surface area contributed by atoms with E-state index in [-0.39, 0.29) is 5.91 Å². The average Bonchev–Trinajstić information content (AvgIpc) is 2.85. The highest BCUT2D eigenvalue weighted by molar-refractivity contribution is 9.10. The van der Waals surface area contributed by atoms with Crippen LogP contribution in [0.1, 0.15) is 28.8 Å². The third kappa shape index (κ3) is 2.56. The number of hydrogen-bond acceptors (Lipinski definition) is 2. The molecule has 0 radical (unpaired) electrons. The van der Waals surface area contributed by atoms with Gasteiger partial charge >= 0.3 is 0 Å². The van der Waals surface area contributed by atoms with Crippen LogP contribution < -0.4 is 5.32 Å². The molecular weight excluding hydrogens is 304 g/mol. The van der Waals surface area contributed by atoms with Crippen LogP contribution in [0.5, 0.6) is 0 Å². The van der Waals surface area contributed by atoms with E-state index in [2.05, 4.69) is 21.2 Å². The topological polar surface area (TPSA) is 32.3 Å². The standard InChI is InChI=1S/C15H19BrN2O/c1-10-7-11(4-5-13(10)16)15(19)18-8-12-3-2-6-17-14(12)9-18/h4-5,7,12,14,17H,2-3,6,8-9H2,1H3/t12-,14+/m0/s1. The number of amides is 1. The van der Waals surface area contributed by atoms with Crippen LogP contribution in [-0.4, -0.2) is 36.5 Å². The Morgan fingerprint density at radius 3 is 3.00 bits per heavy atom. The Balaban J connectivity index is 1.75. The van der Waals surface area contributed by atoms with Crippen LogP contribution in [-0.2, 0) is 0 Å². The molecular formula is C15H19BrN2O. The Hall–Kier alpha value is -0.870. The number of halogens is 1. The molecule has 1 aromatic rings. The Morgan fingerprint density at radius 1 is 1.42 bits per heavy atom. The van der Waals surface area contributed by atoms with Gasteiger partial charge in [-0.3, -0.25) is 4.79 Å². The number of rotatable bonds is 1. The smallest absolute Gasteiger partial charge is 0.253 e. The molecule has 2 atom stereocenters. The molecule has 2 fully saturated rings. The fourth-order valence-electron chi connectivity index (χ4n) is 3.17. The van der Waals surface area contributed by atoms with Gasteiger partial charge in [0.2, 0.25) is 0 Å². The fraction of sp³-hybridized carbons (Fsp3) is 0.533. The van der Waals surface area contributed by atoms with E-state index in [4.69, 9.17) is 0 Å². The molecule has 2 heterocycles. The third-order valence-corrected chi connectivity index (χ3v) is 5.18. The summed E-state index contributed by atoms with van der Waals surface area (Å²) in [6, 6.07) is 6.36. The number of likely N-dealkylation sites (tertiary alicyclic amines) is 1. The van der Waals surface area contributed by atoms with Gasteiger partial charge in [-0.05, 0) is 56.0 Å². The van der Waals surface area contributed by atoms with Crippen LogP contribution in [0.15, 0.2) is 22.7 Å². The lowest BCUT2D eigenvalue weighted by Crippen LogP contribution is -2.41. The second-order valence-electron chi connectivity index (χ2n) is 5.64. The molecule has 0 bridgehead atoms. The number of hydrogen-bond donors (Lipinski definition) is 1. The van der Waals surface area contributed by atoms with E-state index in [1.807, 2.05) is 30.0 Å². The van der Waals surface area contributed by atoms with Crippen molar-refractivity contribution in [2.24, 2.45) is 5.92 Å². The van der Waals surface area contributed by atoms with Crippen molar-refractivity contribution in [3.63, 3.8) is 0 Å². The van der Waals surface area contributed by atoms with Crippen molar-refractivity contribution >= 4 is 21.8 Å². The summed E-state index contributed by atoms with van der Waals surface area (Å²) in [6.45, 7) is 4.89. The van der Waals surface area contributed by atoms with Crippen LogP contribution in [0.4, 0.5) is 0 Å². The summed E-state index contributed by atoms with van der Waals surface area (Å²) < 4.78 is 1.06. The third-order valence-electron chi connectivity index (χ3n) is 4.29. The molecule has 0 aromatic heterocycles. The van der Waals surface area contributed by atoms with Gasteiger partial charge in [0.05, 0.1) is 0 Å². The van der Waals surface area contributed by atoms with E-state index in [1.54, 1.807) is 0 Å². The van der Waals surface area contributed by atoms with Crippen molar-refractivity contribution in [3.8, 4) is 0 Å². The van der Waals surface area contributed by atoms with Gasteiger partial charge in [-0.25, -0.2) is 0 Å². The number of benzene rings is 1. The van der Waals surface area contributed by atoms with Crippen molar-refractivity contribution in [1.82, 2.24) is 10.2 Å². The average molecular weight is 323 g/mol. The Kier molecular flexibility index (Phi) is 3.63. The zero-order valence-electron chi connectivity index (χ0n) is 11.2. The van der Waals surface area contributed by atoms with E-state index in [9.17, 15) is 4.79 Å². The van der Waals surface area contributed by atoms with Crippen LogP contribution in [0.3, 0.4) is 0 Å². The van der Waals surface area contributed by atoms with E-state index in [0.29, 0.717) is 12.0 Å². The number of carbonyl (C=O) groups is 1. The lowest BCUT2D eigenvalue weighted by molar-refractivity contribution is 0.0785. The number of fused-ring (bicyclic) bond motifs is 1. The minimum Gasteiger partial charge on any atom is -0.337 e. The first-order chi connectivity index (χ1) is 9.15. The molecule has 0 unspecified atom stereocenters. The zero-order chi connectivity index (χ0) is 13.4. The Morgan fingerprint density at radius 2 is 2.26 bits per heavy atom. The summed E-state index contributed by atoms with van der Waals surface area (Å²) in [7, 11) is 0. The van der Waals surface area contributed by atoms with Crippen LogP contribution >= 0.6 is 15.9 Å². The molecule has 3 nitrogen and oxygen atoms in total. The van der Waals surface area contributed by atoms with Crippen molar-refractivity contribution in [1.29, 1.82) is 0 Å². The molecule has 0 spiro atoms. The predicted octanol–water partition coefficient (Wildman–Crippen LogP) is 2.58. The summed E-state index contributed by atoms with van der Waals surface area (Å²) in [5.41, 5.74) is 1.92. The minimum absolute atomic E-state index is 0.173. The molecule has 1 aromatic carbocycles. The van der Waals surface area contributed by atoms with Gasteiger partial charge in [0.25, 0.3) is 5.91 Å². The zero-order valence-corrected chi connectivity index (χ0v) is 12.7. The first-order valence-electron chi connectivity index (χ1n) is 6.94. The van der Waals surface area contributed by atoms with Crippen molar-refractivity contribution in [2.75, 3.05) is 19.6 Å². The second-order valence-corrected chi connectivity index (χ2v) is 6.49. The van der Waals surface area contributed by atoms with E-state index < -0.39 is 0 Å². The summed E-state index contributed by atoms with van der Waals surface area (Å²) >= 11 is 3.48. The number of nitrogens with zero attached hydrogens (tertiary/aromatic N) is 1. The van der Waals surface area contributed by atoms with Crippen LogP contribution in [0.2, 0.25) is 0 Å². The van der Waals surface area contributed by atoms with Crippen molar-refractivity contribution in [2.45, 2.75) is 25.8 Å². The number of piperidine rings is 1. The maximum absolute atomic E-state index is 12.5. The summed E-state index contributed by atoms with van der Waals surface area (Å²) in [5.74, 6) is 0.820. The summed E-state index contributed by atoms with van der Waals surface area (Å²) in [6.07, 6.45) is 2.49. The fourth-order valence-corrected chi connectivity index (χ4v) is 3.42. The van der Waals surface area contributed by atoms with Crippen molar-refractivity contribution in [3.05, 3.63) is 33.8 Å². The van der Waals surface area contributed by atoms with Crippen molar-refractivity contribution < 1.29 is 4.79 Å². The molecule has 4 heteroatoms. The summed E-state index contributed by atoms with van der Waals surface area (Å²) in [4.78, 5) is 14.5. The minimum atomic E-state index is 0.173. The van der Waals surface area contributed by atoms with E-state index >= 15 is 0 Å². The first kappa shape index (κ1) is 13.1. The predicted molar refractivity (Wildman–Crippen MR) is 79.3 cm³/mol. The van der Waals surface area contributed by atoms with Gasteiger partial charge in [-0.1, -0.05) is 15.9 Å². The molecule has 0 saturated carbocycles. The van der Waals surface area contributed by atoms with Gasteiger partial charge in [-0.15, -0.1) is 0 Å². The normalized spacial score (nSPS) is 26.3. The summed E-state index contributed by atoms with van der Waals surface area (Å²) in [5, 5.41) is 3.54. The molecule has 102 valence electrons. The Labute approximate surface area is 122 Å². The van der Waals surface area contributed by atoms with E-state index in [1.165, 1.54) is 12.8 Å². The second kappa shape index (κ2) is 5.25. The van der Waals surface area contributed by atoms with Crippen LogP contribution in [0.25, 0.3) is 0 Å². The van der Waals surface area contributed by atoms with Crippen LogP contribution in [0, 0.1) is 12.8 Å². The molecule has 2 aliphatic rings. The van der Waals surface area contributed by atoms with Gasteiger partial charge in [0.15, 0.2) is 0 Å². The number of aryl methyl sites for hydroxylation is 1. The maximum Gasteiger partial charge on any atom is 0.253 e. The highest BCUT2D eigenvalue weighted by Gasteiger charge is 2.36. The molecule has 2 aliphatic heterocycles. The quantitative estimate of drug-likeness (QED) is 0.862.